The zero-order chi connectivity index (χ0) is 67.2. The van der Waals surface area contributed by atoms with Crippen LogP contribution in [0.4, 0.5) is 21.0 Å². The number of nitrogens with two attached hydrogens (primary N) is 1. The maximum absolute atomic E-state index is 14.5. The second kappa shape index (κ2) is 32.7. The van der Waals surface area contributed by atoms with Gasteiger partial charge in [0.05, 0.1) is 53.6 Å². The largest absolute Gasteiger partial charge is 0.495 e. The van der Waals surface area contributed by atoms with Gasteiger partial charge in [-0.25, -0.2) is 14.4 Å². The zero-order valence-electron chi connectivity index (χ0n) is 52.9. The van der Waals surface area contributed by atoms with E-state index >= 15 is 0 Å². The molecule has 7 amide bonds. The van der Waals surface area contributed by atoms with Gasteiger partial charge in [-0.2, -0.15) is 0 Å². The van der Waals surface area contributed by atoms with Crippen LogP contribution in [0.15, 0.2) is 54.1 Å². The minimum absolute atomic E-state index is 0.0279. The predicted octanol–water partition coefficient (Wildman–Crippen LogP) is 7.23. The summed E-state index contributed by atoms with van der Waals surface area (Å²) in [6.07, 6.45) is 2.89. The summed E-state index contributed by atoms with van der Waals surface area (Å²) in [7, 11) is 5.71. The first-order valence-corrected chi connectivity index (χ1v) is 32.6. The van der Waals surface area contributed by atoms with Crippen molar-refractivity contribution in [2.45, 2.75) is 178 Å². The molecule has 3 aliphatic heterocycles. The predicted molar refractivity (Wildman–Crippen MR) is 346 cm³/mol. The number of hydrogen-bond donors (Lipinski definition) is 7. The van der Waals surface area contributed by atoms with E-state index in [2.05, 4.69) is 58.4 Å². The number of nitrogens with zero attached hydrogens (tertiary/aromatic N) is 2. The Bertz CT molecular complexity index is 3010. The molecule has 2 aromatic carbocycles. The van der Waals surface area contributed by atoms with Crippen LogP contribution in [0, 0.1) is 11.8 Å². The van der Waals surface area contributed by atoms with Gasteiger partial charge < -0.3 is 74.6 Å². The van der Waals surface area contributed by atoms with Crippen molar-refractivity contribution in [2.24, 2.45) is 17.6 Å². The Labute approximate surface area is 552 Å². The summed E-state index contributed by atoms with van der Waals surface area (Å²) in [4.78, 5) is 123. The van der Waals surface area contributed by atoms with E-state index in [0.717, 1.165) is 22.3 Å². The van der Waals surface area contributed by atoms with Gasteiger partial charge in [0.2, 0.25) is 17.7 Å². The summed E-state index contributed by atoms with van der Waals surface area (Å²) in [6, 6.07) is 2.54. The fourth-order valence-corrected chi connectivity index (χ4v) is 12.9. The zero-order valence-corrected chi connectivity index (χ0v) is 57.6. The molecule has 498 valence electrons. The molecular weight excluding hydrogens is 1340 g/mol. The lowest BCUT2D eigenvalue weighted by molar-refractivity contribution is -0.158. The van der Waals surface area contributed by atoms with Crippen LogP contribution >= 0.6 is 55.1 Å². The Kier molecular flexibility index (Phi) is 27.3. The van der Waals surface area contributed by atoms with Crippen LogP contribution in [0.1, 0.15) is 116 Å². The molecule has 90 heavy (non-hydrogen) atoms. The molecule has 2 aromatic rings. The van der Waals surface area contributed by atoms with Crippen LogP contribution < -0.4 is 42.0 Å². The maximum atomic E-state index is 14.5. The van der Waals surface area contributed by atoms with Crippen molar-refractivity contribution in [1.29, 1.82) is 0 Å². The van der Waals surface area contributed by atoms with Crippen LogP contribution in [0.25, 0.3) is 0 Å². The van der Waals surface area contributed by atoms with Crippen molar-refractivity contribution in [1.82, 2.24) is 26.2 Å². The van der Waals surface area contributed by atoms with Crippen molar-refractivity contribution in [3.63, 3.8) is 0 Å². The number of nitrogens with one attached hydrogen (secondary N) is 5. The number of anilines is 2. The number of amides is 7. The molecule has 0 aromatic heterocycles. The van der Waals surface area contributed by atoms with E-state index in [1.807, 2.05) is 26.8 Å². The molecule has 2 saturated heterocycles. The number of esters is 1. The molecule has 0 spiro atoms. The number of halogens is 4. The van der Waals surface area contributed by atoms with E-state index in [4.69, 9.17) is 57.4 Å². The minimum atomic E-state index is -1.93. The number of hydrogen-bond acceptors (Lipinski definition) is 17. The van der Waals surface area contributed by atoms with E-state index in [1.165, 1.54) is 58.3 Å². The van der Waals surface area contributed by atoms with Gasteiger partial charge in [0.15, 0.2) is 12.0 Å². The number of allylic oxidation sites excluding steroid dienone is 3. The molecule has 0 radical (unpaired) electrons. The highest BCUT2D eigenvalue weighted by molar-refractivity contribution is 9.10. The summed E-state index contributed by atoms with van der Waals surface area (Å²) in [5, 5.41) is 26.1. The fourth-order valence-electron chi connectivity index (χ4n) is 10.9. The average molecular weight is 1430 g/mol. The number of fused-ring (bicyclic) bond motifs is 5. The lowest BCUT2D eigenvalue weighted by Crippen LogP contribution is -2.63. The Morgan fingerprint density at radius 2 is 1.72 bits per heavy atom. The first kappa shape index (κ1) is 75.0. The molecule has 0 saturated carbocycles. The van der Waals surface area contributed by atoms with Gasteiger partial charge >= 0.3 is 18.1 Å². The third-order valence-electron chi connectivity index (χ3n) is 16.5. The van der Waals surface area contributed by atoms with E-state index in [1.54, 1.807) is 52.0 Å². The lowest BCUT2D eigenvalue weighted by Gasteiger charge is -2.42. The smallest absolute Gasteiger partial charge is 0.409 e. The number of likely N-dealkylation sites (N-methyl/N-ethyl adjacent to an activating group) is 1. The Balaban J connectivity index is 1.34. The van der Waals surface area contributed by atoms with Gasteiger partial charge in [-0.1, -0.05) is 99.6 Å². The van der Waals surface area contributed by atoms with Gasteiger partial charge in [0, 0.05) is 56.4 Å². The van der Waals surface area contributed by atoms with Gasteiger partial charge in [0.1, 0.15) is 58.7 Å². The highest BCUT2D eigenvalue weighted by Gasteiger charge is 2.64. The number of carbonyl (C=O) groups excluding carboxylic acids is 9. The number of carbonyl (C=O) groups is 9. The topological polar surface area (TPSA) is 325 Å². The quantitative estimate of drug-likeness (QED) is 0.0152. The first-order valence-electron chi connectivity index (χ1n) is 29.6. The van der Waals surface area contributed by atoms with Gasteiger partial charge in [-0.05, 0) is 115 Å². The summed E-state index contributed by atoms with van der Waals surface area (Å²) in [6.45, 7) is 14.0. The van der Waals surface area contributed by atoms with E-state index in [0.29, 0.717) is 43.4 Å². The third-order valence-corrected chi connectivity index (χ3v) is 19.1. The number of primary amides is 1. The van der Waals surface area contributed by atoms with Crippen molar-refractivity contribution in [3.8, 4) is 5.75 Å². The number of rotatable bonds is 27. The molecule has 4 bridgehead atoms. The summed E-state index contributed by atoms with van der Waals surface area (Å²) < 4.78 is 35.8. The van der Waals surface area contributed by atoms with Crippen LogP contribution in [0.3, 0.4) is 0 Å². The molecule has 24 nitrogen and oxygen atoms in total. The molecule has 5 rings (SSSR count). The number of methoxy groups -OCH3 is 2. The molecule has 11 atom stereocenters. The molecule has 1 unspecified atom stereocenters. The maximum Gasteiger partial charge on any atom is 0.409 e. The van der Waals surface area contributed by atoms with Gasteiger partial charge in [0.25, 0.3) is 5.91 Å². The number of aldehydes is 2. The average Bonchev–Trinajstić information content (AvgIpc) is 1.57. The standard InChI is InChI=1S/C62H86Br2Cl2N8O16/c1-34(2)51(69-40(30-75)17-14-22-59(6,7)90-61(31-63,32-64)33-76)54(79)71-43(18-15-23-68-57(67)82)53(78)70-39-20-21-41(42(65)27-39)55(80)73(9)37(5)56(81)88-48-28-49(77)74(10)44-25-38(26-45(85-11)50(44)66)24-35(3)16-13-19-47(86-12)62(84)29-46(87-58(83)72-62)36(4)52-60(48,8)89-52/h13,16,19-21,25-27,30,33-34,36-37,40,43,46-48,51-52,69,84H,14-15,17-18,22-24,28-29,31-32H2,1-12H3,(H,70,78)(H,71,79)(H,72,83)(H3,67,68,82)/b19-13+,35-16+/t36-,37+,40?,43+,46+,47-,48+,51+,52+,60+,62+/m1/s1. The summed E-state index contributed by atoms with van der Waals surface area (Å²) in [5.74, 6) is -4.19. The Hall–Kier alpha value is -5.71. The molecule has 0 aliphatic carbocycles. The van der Waals surface area contributed by atoms with Gasteiger partial charge in [-0.3, -0.25) is 29.8 Å². The molecule has 3 heterocycles. The summed E-state index contributed by atoms with van der Waals surface area (Å²) in [5.41, 5.74) is 2.10. The first-order chi connectivity index (χ1) is 42.2. The number of alkyl carbamates (subject to hydrolysis) is 1. The second-order valence-electron chi connectivity index (χ2n) is 24.3. The van der Waals surface area contributed by atoms with Crippen LogP contribution in [-0.2, 0) is 58.9 Å². The van der Waals surface area contributed by atoms with Crippen LogP contribution in [0.5, 0.6) is 5.75 Å². The summed E-state index contributed by atoms with van der Waals surface area (Å²) >= 11 is 20.3. The highest BCUT2D eigenvalue weighted by atomic mass is 79.9. The van der Waals surface area contributed by atoms with Gasteiger partial charge in [-0.15, -0.1) is 0 Å². The van der Waals surface area contributed by atoms with E-state index in [-0.39, 0.29) is 63.7 Å². The number of alkyl halides is 2. The molecule has 3 aliphatic rings. The molecule has 28 heteroatoms. The highest BCUT2D eigenvalue weighted by Crippen LogP contribution is 2.49. The third kappa shape index (κ3) is 19.4. The number of benzene rings is 2. The van der Waals surface area contributed by atoms with Crippen molar-refractivity contribution in [3.05, 3.63) is 75.3 Å². The van der Waals surface area contributed by atoms with Crippen molar-refractivity contribution < 1.29 is 76.7 Å². The normalized spacial score (nSPS) is 24.4. The molecule has 2 fully saturated rings. The van der Waals surface area contributed by atoms with E-state index in [9.17, 15) is 48.3 Å². The minimum Gasteiger partial charge on any atom is -0.495 e. The Morgan fingerprint density at radius 1 is 1.03 bits per heavy atom. The fraction of sp³-hybridized carbons (Fsp3) is 0.597. The lowest BCUT2D eigenvalue weighted by atomic mass is 9.83. The van der Waals surface area contributed by atoms with Crippen LogP contribution in [-0.4, -0.2) is 181 Å². The van der Waals surface area contributed by atoms with Crippen LogP contribution in [0.2, 0.25) is 10.0 Å². The van der Waals surface area contributed by atoms with Crippen molar-refractivity contribution >= 4 is 121 Å². The number of epoxide rings is 1. The van der Waals surface area contributed by atoms with E-state index < -0.39 is 125 Å². The molecule has 8 N–H and O–H groups in total. The van der Waals surface area contributed by atoms with Crippen molar-refractivity contribution in [2.75, 3.05) is 55.7 Å². The number of aliphatic hydroxyl groups is 1. The monoisotopic (exact) mass is 1430 g/mol. The SMILES string of the molecule is COc1cc2cc(c1Cl)N(C)C(=O)C[C@H](OC(=O)[C@H](C)N(C)C(=O)c1ccc(NC(=O)[C@H](CCCNC(N)=O)NC(=O)[C@@H](NC(C=O)CCCC(C)(C)OC(C=O)(CBr)CBr)C(C)C)cc1Cl)[C@]1(C)O[C@H]1[C@H](C)[C@@H]1C[C@@](O)(NC(=O)O1)[C@H](OC)/C=C/C=C(\C)C2. The Morgan fingerprint density at radius 3 is 2.32 bits per heavy atom. The molecular formula is C62H86Br2Cl2N8O16. The number of urea groups is 1. The second-order valence-corrected chi connectivity index (χ2v) is 26.2. The number of ether oxygens (including phenoxy) is 6.